The largest absolute Gasteiger partial charge is 0.324 e. The van der Waals surface area contributed by atoms with Crippen molar-refractivity contribution in [3.63, 3.8) is 0 Å². The fraction of sp³-hybridized carbons (Fsp3) is 0.227. The van der Waals surface area contributed by atoms with Gasteiger partial charge in [0.25, 0.3) is 5.91 Å². The standard InChI is InChI=1S/C22H24N4O/c1-14(2)18-7-5-6-8-19(18)25-22-23-12-11-20(26-22)21(27)24-17-10-9-15(3)16(4)13-17/h5-14H,1-4H3,(H,24,27)(H,23,25,26). The van der Waals surface area contributed by atoms with Crippen molar-refractivity contribution in [2.45, 2.75) is 33.6 Å². The van der Waals surface area contributed by atoms with E-state index in [1.54, 1.807) is 12.3 Å². The van der Waals surface area contributed by atoms with Crippen LogP contribution in [0.4, 0.5) is 17.3 Å². The summed E-state index contributed by atoms with van der Waals surface area (Å²) in [6.07, 6.45) is 1.59. The van der Waals surface area contributed by atoms with Gasteiger partial charge >= 0.3 is 0 Å². The van der Waals surface area contributed by atoms with E-state index in [2.05, 4.69) is 40.5 Å². The molecule has 0 bridgehead atoms. The van der Waals surface area contributed by atoms with Gasteiger partial charge in [-0.2, -0.15) is 0 Å². The van der Waals surface area contributed by atoms with Crippen LogP contribution in [0.15, 0.2) is 54.7 Å². The SMILES string of the molecule is Cc1ccc(NC(=O)c2ccnc(Nc3ccccc3C(C)C)n2)cc1C. The van der Waals surface area contributed by atoms with Crippen LogP contribution in [0.2, 0.25) is 0 Å². The van der Waals surface area contributed by atoms with Gasteiger partial charge in [0.15, 0.2) is 0 Å². The van der Waals surface area contributed by atoms with E-state index in [1.807, 2.05) is 50.2 Å². The average Bonchev–Trinajstić information content (AvgIpc) is 2.65. The first-order chi connectivity index (χ1) is 12.9. The molecule has 0 fully saturated rings. The summed E-state index contributed by atoms with van der Waals surface area (Å²) < 4.78 is 0. The number of nitrogens with one attached hydrogen (secondary N) is 2. The molecule has 1 heterocycles. The number of amides is 1. The van der Waals surface area contributed by atoms with Crippen molar-refractivity contribution < 1.29 is 4.79 Å². The Bertz CT molecular complexity index is 966. The molecule has 2 aromatic carbocycles. The van der Waals surface area contributed by atoms with Gasteiger partial charge < -0.3 is 10.6 Å². The summed E-state index contributed by atoms with van der Waals surface area (Å²) in [5, 5.41) is 6.12. The molecule has 0 aliphatic rings. The minimum absolute atomic E-state index is 0.263. The summed E-state index contributed by atoms with van der Waals surface area (Å²) in [4.78, 5) is 21.2. The second-order valence-corrected chi connectivity index (χ2v) is 6.89. The Morgan fingerprint density at radius 1 is 1.00 bits per heavy atom. The first-order valence-corrected chi connectivity index (χ1v) is 9.01. The summed E-state index contributed by atoms with van der Waals surface area (Å²) in [7, 11) is 0. The van der Waals surface area contributed by atoms with Gasteiger partial charge in [0.2, 0.25) is 5.95 Å². The van der Waals surface area contributed by atoms with E-state index in [0.717, 1.165) is 16.9 Å². The van der Waals surface area contributed by atoms with Crippen LogP contribution in [0.1, 0.15) is 46.9 Å². The maximum Gasteiger partial charge on any atom is 0.274 e. The molecule has 0 aliphatic carbocycles. The average molecular weight is 360 g/mol. The molecule has 0 unspecified atom stereocenters. The molecule has 1 amide bonds. The number of hydrogen-bond acceptors (Lipinski definition) is 4. The third kappa shape index (κ3) is 4.50. The minimum atomic E-state index is -0.263. The number of hydrogen-bond donors (Lipinski definition) is 2. The molecule has 138 valence electrons. The Hall–Kier alpha value is -3.21. The van der Waals surface area contributed by atoms with E-state index >= 15 is 0 Å². The zero-order chi connectivity index (χ0) is 19.4. The van der Waals surface area contributed by atoms with Crippen LogP contribution >= 0.6 is 0 Å². The highest BCUT2D eigenvalue weighted by Gasteiger charge is 2.12. The first-order valence-electron chi connectivity index (χ1n) is 9.01. The number of para-hydroxylation sites is 1. The van der Waals surface area contributed by atoms with E-state index in [1.165, 1.54) is 11.1 Å². The maximum absolute atomic E-state index is 12.6. The number of aryl methyl sites for hydroxylation is 2. The predicted octanol–water partition coefficient (Wildman–Crippen LogP) is 5.21. The van der Waals surface area contributed by atoms with Gasteiger partial charge in [-0.15, -0.1) is 0 Å². The molecular formula is C22H24N4O. The summed E-state index contributed by atoms with van der Waals surface area (Å²) >= 11 is 0. The molecule has 0 spiro atoms. The summed E-state index contributed by atoms with van der Waals surface area (Å²) in [6.45, 7) is 8.33. The zero-order valence-corrected chi connectivity index (χ0v) is 16.1. The van der Waals surface area contributed by atoms with E-state index < -0.39 is 0 Å². The summed E-state index contributed by atoms with van der Waals surface area (Å²) in [5.74, 6) is 0.502. The number of carbonyl (C=O) groups is 1. The van der Waals surface area contributed by atoms with Crippen molar-refractivity contribution in [1.82, 2.24) is 9.97 Å². The number of aromatic nitrogens is 2. The van der Waals surface area contributed by atoms with Gasteiger partial charge in [-0.3, -0.25) is 4.79 Å². The number of anilines is 3. The molecule has 0 radical (unpaired) electrons. The van der Waals surface area contributed by atoms with Crippen LogP contribution in [0.5, 0.6) is 0 Å². The lowest BCUT2D eigenvalue weighted by atomic mass is 10.0. The van der Waals surface area contributed by atoms with Crippen LogP contribution in [-0.4, -0.2) is 15.9 Å². The predicted molar refractivity (Wildman–Crippen MR) is 110 cm³/mol. The van der Waals surface area contributed by atoms with Crippen molar-refractivity contribution in [3.8, 4) is 0 Å². The van der Waals surface area contributed by atoms with Crippen molar-refractivity contribution in [2.75, 3.05) is 10.6 Å². The Kier molecular flexibility index (Phi) is 5.50. The van der Waals surface area contributed by atoms with Crippen LogP contribution < -0.4 is 10.6 Å². The molecule has 0 saturated heterocycles. The van der Waals surface area contributed by atoms with Gasteiger partial charge in [0.1, 0.15) is 5.69 Å². The van der Waals surface area contributed by atoms with E-state index in [-0.39, 0.29) is 5.91 Å². The second-order valence-electron chi connectivity index (χ2n) is 6.89. The molecule has 0 saturated carbocycles. The molecule has 0 atom stereocenters. The Labute approximate surface area is 159 Å². The molecule has 3 rings (SSSR count). The topological polar surface area (TPSA) is 66.9 Å². The zero-order valence-electron chi connectivity index (χ0n) is 16.1. The van der Waals surface area contributed by atoms with Gasteiger partial charge in [0, 0.05) is 17.6 Å². The highest BCUT2D eigenvalue weighted by Crippen LogP contribution is 2.25. The number of benzene rings is 2. The number of nitrogens with zero attached hydrogens (tertiary/aromatic N) is 2. The molecule has 27 heavy (non-hydrogen) atoms. The highest BCUT2D eigenvalue weighted by molar-refractivity contribution is 6.03. The fourth-order valence-corrected chi connectivity index (χ4v) is 2.79. The molecular weight excluding hydrogens is 336 g/mol. The minimum Gasteiger partial charge on any atom is -0.324 e. The maximum atomic E-state index is 12.6. The van der Waals surface area contributed by atoms with Crippen molar-refractivity contribution >= 4 is 23.2 Å². The van der Waals surface area contributed by atoms with Crippen LogP contribution in [0, 0.1) is 13.8 Å². The molecule has 0 aliphatic heterocycles. The molecule has 5 nitrogen and oxygen atoms in total. The lowest BCUT2D eigenvalue weighted by Gasteiger charge is -2.14. The van der Waals surface area contributed by atoms with Gasteiger partial charge in [-0.05, 0) is 60.7 Å². The van der Waals surface area contributed by atoms with Crippen LogP contribution in [-0.2, 0) is 0 Å². The van der Waals surface area contributed by atoms with Crippen molar-refractivity contribution in [3.05, 3.63) is 77.1 Å². The third-order valence-electron chi connectivity index (χ3n) is 4.48. The normalized spacial score (nSPS) is 10.7. The van der Waals surface area contributed by atoms with Gasteiger partial charge in [0.05, 0.1) is 0 Å². The van der Waals surface area contributed by atoms with E-state index in [0.29, 0.717) is 17.6 Å². The number of carbonyl (C=O) groups excluding carboxylic acids is 1. The quantitative estimate of drug-likeness (QED) is 0.655. The highest BCUT2D eigenvalue weighted by atomic mass is 16.1. The smallest absolute Gasteiger partial charge is 0.274 e. The molecule has 1 aromatic heterocycles. The molecule has 5 heteroatoms. The Morgan fingerprint density at radius 3 is 2.52 bits per heavy atom. The van der Waals surface area contributed by atoms with Crippen molar-refractivity contribution in [2.24, 2.45) is 0 Å². The van der Waals surface area contributed by atoms with Gasteiger partial charge in [-0.25, -0.2) is 9.97 Å². The third-order valence-corrected chi connectivity index (χ3v) is 4.48. The molecule has 3 aromatic rings. The Morgan fingerprint density at radius 2 is 1.78 bits per heavy atom. The summed E-state index contributed by atoms with van der Waals surface area (Å²) in [6, 6.07) is 15.5. The summed E-state index contributed by atoms with van der Waals surface area (Å²) in [5.41, 5.74) is 5.49. The number of rotatable bonds is 5. The second kappa shape index (κ2) is 7.99. The van der Waals surface area contributed by atoms with Crippen LogP contribution in [0.3, 0.4) is 0 Å². The van der Waals surface area contributed by atoms with Crippen LogP contribution in [0.25, 0.3) is 0 Å². The van der Waals surface area contributed by atoms with Crippen molar-refractivity contribution in [1.29, 1.82) is 0 Å². The Balaban J connectivity index is 1.79. The van der Waals surface area contributed by atoms with E-state index in [9.17, 15) is 4.79 Å². The first kappa shape index (κ1) is 18.6. The fourth-order valence-electron chi connectivity index (χ4n) is 2.79. The van der Waals surface area contributed by atoms with Gasteiger partial charge in [-0.1, -0.05) is 38.1 Å². The lowest BCUT2D eigenvalue weighted by molar-refractivity contribution is 0.102. The lowest BCUT2D eigenvalue weighted by Crippen LogP contribution is -2.15. The van der Waals surface area contributed by atoms with E-state index in [4.69, 9.17) is 0 Å². The monoisotopic (exact) mass is 360 g/mol. The molecule has 2 N–H and O–H groups in total.